The van der Waals surface area contributed by atoms with Crippen LogP contribution in [0, 0.1) is 18.3 Å². The van der Waals surface area contributed by atoms with Crippen LogP contribution in [0.15, 0.2) is 42.5 Å². The number of ether oxygens (including phenoxy) is 1. The SMILES string of the molecule is Cc1ncc(C2=CCC3C(=C2)N(c2cnc4c(c2)NC(=O)CO4)C(=O)C3(C)C)cn1. The average molecular weight is 403 g/mol. The number of nitrogens with zero attached hydrogens (tertiary/aromatic N) is 4. The van der Waals surface area contributed by atoms with Gasteiger partial charge in [0.25, 0.3) is 5.91 Å². The van der Waals surface area contributed by atoms with Crippen LogP contribution in [0.2, 0.25) is 0 Å². The molecule has 4 heterocycles. The number of carbonyl (C=O) groups excluding carboxylic acids is 2. The van der Waals surface area contributed by atoms with Gasteiger partial charge in [-0.2, -0.15) is 0 Å². The highest BCUT2D eigenvalue weighted by molar-refractivity contribution is 6.06. The van der Waals surface area contributed by atoms with Gasteiger partial charge in [0.2, 0.25) is 11.8 Å². The third kappa shape index (κ3) is 2.79. The normalized spacial score (nSPS) is 21.8. The van der Waals surface area contributed by atoms with Crippen LogP contribution in [0.4, 0.5) is 11.4 Å². The van der Waals surface area contributed by atoms with Crippen LogP contribution >= 0.6 is 0 Å². The zero-order valence-corrected chi connectivity index (χ0v) is 17.0. The maximum atomic E-state index is 13.4. The van der Waals surface area contributed by atoms with Crippen molar-refractivity contribution in [3.05, 3.63) is 53.9 Å². The largest absolute Gasteiger partial charge is 0.466 e. The van der Waals surface area contributed by atoms with Crippen LogP contribution in [0.25, 0.3) is 5.57 Å². The summed E-state index contributed by atoms with van der Waals surface area (Å²) in [5, 5.41) is 2.76. The molecule has 5 rings (SSSR count). The molecule has 2 aromatic rings. The number of amides is 2. The molecule has 3 aliphatic rings. The van der Waals surface area contributed by atoms with Crippen molar-refractivity contribution in [1.82, 2.24) is 15.0 Å². The van der Waals surface area contributed by atoms with E-state index < -0.39 is 5.41 Å². The van der Waals surface area contributed by atoms with Gasteiger partial charge in [0.05, 0.1) is 17.3 Å². The van der Waals surface area contributed by atoms with Gasteiger partial charge in [-0.05, 0) is 31.1 Å². The number of aromatic nitrogens is 3. The summed E-state index contributed by atoms with van der Waals surface area (Å²) in [6.07, 6.45) is 10.1. The van der Waals surface area contributed by atoms with Gasteiger partial charge in [-0.1, -0.05) is 19.9 Å². The Morgan fingerprint density at radius 2 is 1.93 bits per heavy atom. The van der Waals surface area contributed by atoms with Crippen LogP contribution in [-0.2, 0) is 9.59 Å². The predicted octanol–water partition coefficient (Wildman–Crippen LogP) is 2.87. The molecule has 0 aromatic carbocycles. The number of hydrogen-bond acceptors (Lipinski definition) is 6. The Balaban J connectivity index is 1.58. The first kappa shape index (κ1) is 18.5. The molecule has 0 spiro atoms. The van der Waals surface area contributed by atoms with Crippen molar-refractivity contribution in [2.24, 2.45) is 11.3 Å². The molecule has 2 aliphatic heterocycles. The molecule has 0 bridgehead atoms. The molecule has 8 nitrogen and oxygen atoms in total. The molecule has 1 aliphatic carbocycles. The maximum Gasteiger partial charge on any atom is 0.262 e. The van der Waals surface area contributed by atoms with Gasteiger partial charge < -0.3 is 10.1 Å². The van der Waals surface area contributed by atoms with E-state index in [2.05, 4.69) is 26.3 Å². The van der Waals surface area contributed by atoms with Gasteiger partial charge in [-0.3, -0.25) is 14.5 Å². The van der Waals surface area contributed by atoms with Gasteiger partial charge in [0.15, 0.2) is 6.61 Å². The molecule has 0 radical (unpaired) electrons. The molecule has 152 valence electrons. The fourth-order valence-electron chi connectivity index (χ4n) is 4.22. The van der Waals surface area contributed by atoms with Crippen LogP contribution < -0.4 is 15.0 Å². The zero-order chi connectivity index (χ0) is 21.0. The van der Waals surface area contributed by atoms with Crippen molar-refractivity contribution < 1.29 is 14.3 Å². The van der Waals surface area contributed by atoms with E-state index in [1.165, 1.54) is 0 Å². The molecule has 1 saturated heterocycles. The Hall–Kier alpha value is -3.55. The summed E-state index contributed by atoms with van der Waals surface area (Å²) in [5.74, 6) is 0.869. The van der Waals surface area contributed by atoms with E-state index in [0.717, 1.165) is 23.3 Å². The minimum Gasteiger partial charge on any atom is -0.466 e. The summed E-state index contributed by atoms with van der Waals surface area (Å²) in [6.45, 7) is 5.73. The second-order valence-electron chi connectivity index (χ2n) is 8.28. The fraction of sp³-hybridized carbons (Fsp3) is 0.318. The van der Waals surface area contributed by atoms with Crippen molar-refractivity contribution in [2.75, 3.05) is 16.8 Å². The topological polar surface area (TPSA) is 97.3 Å². The summed E-state index contributed by atoms with van der Waals surface area (Å²) in [4.78, 5) is 39.7. The van der Waals surface area contributed by atoms with E-state index in [9.17, 15) is 9.59 Å². The standard InChI is InChI=1S/C22H21N5O3/c1-12-23-8-14(9-24-12)13-4-5-16-18(6-13)27(21(29)22(16,2)3)15-7-17-20(25-10-15)30-11-19(28)26-17/h4,6-10,16H,5,11H2,1-3H3,(H,26,28). The van der Waals surface area contributed by atoms with E-state index >= 15 is 0 Å². The van der Waals surface area contributed by atoms with Gasteiger partial charge in [-0.25, -0.2) is 15.0 Å². The number of rotatable bonds is 2. The highest BCUT2D eigenvalue weighted by Gasteiger charge is 2.51. The van der Waals surface area contributed by atoms with Crippen molar-refractivity contribution in [3.63, 3.8) is 0 Å². The highest BCUT2D eigenvalue weighted by Crippen LogP contribution is 2.50. The molecule has 1 unspecified atom stereocenters. The number of anilines is 2. The van der Waals surface area contributed by atoms with Crippen molar-refractivity contribution in [2.45, 2.75) is 27.2 Å². The molecule has 2 aromatic heterocycles. The van der Waals surface area contributed by atoms with Crippen LogP contribution in [0.1, 0.15) is 31.7 Å². The minimum absolute atomic E-state index is 0.00152. The predicted molar refractivity (Wildman–Crippen MR) is 111 cm³/mol. The van der Waals surface area contributed by atoms with E-state index in [-0.39, 0.29) is 24.3 Å². The smallest absolute Gasteiger partial charge is 0.262 e. The van der Waals surface area contributed by atoms with E-state index in [0.29, 0.717) is 23.1 Å². The molecular formula is C22H21N5O3. The van der Waals surface area contributed by atoms with Crippen molar-refractivity contribution >= 4 is 28.8 Å². The van der Waals surface area contributed by atoms with Crippen LogP contribution in [-0.4, -0.2) is 33.4 Å². The molecule has 1 N–H and O–H groups in total. The molecular weight excluding hydrogens is 382 g/mol. The van der Waals surface area contributed by atoms with Crippen molar-refractivity contribution in [3.8, 4) is 5.88 Å². The molecule has 1 atom stereocenters. The molecule has 0 saturated carbocycles. The molecule has 8 heteroatoms. The Bertz CT molecular complexity index is 1130. The highest BCUT2D eigenvalue weighted by atomic mass is 16.5. The van der Waals surface area contributed by atoms with Gasteiger partial charge >= 0.3 is 0 Å². The summed E-state index contributed by atoms with van der Waals surface area (Å²) < 4.78 is 5.35. The average Bonchev–Trinajstić information content (AvgIpc) is 2.93. The summed E-state index contributed by atoms with van der Waals surface area (Å²) in [7, 11) is 0. The lowest BCUT2D eigenvalue weighted by atomic mass is 9.75. The summed E-state index contributed by atoms with van der Waals surface area (Å²) >= 11 is 0. The van der Waals surface area contributed by atoms with Crippen molar-refractivity contribution in [1.29, 1.82) is 0 Å². The monoisotopic (exact) mass is 403 g/mol. The number of carbonyl (C=O) groups is 2. The van der Waals surface area contributed by atoms with E-state index in [4.69, 9.17) is 4.74 Å². The van der Waals surface area contributed by atoms with Gasteiger partial charge in [0, 0.05) is 29.6 Å². The second kappa shape index (κ2) is 6.48. The molecule has 1 fully saturated rings. The number of pyridine rings is 1. The number of aryl methyl sites for hydroxylation is 1. The lowest BCUT2D eigenvalue weighted by Crippen LogP contribution is -2.32. The molecule has 30 heavy (non-hydrogen) atoms. The Morgan fingerprint density at radius 1 is 1.17 bits per heavy atom. The first-order chi connectivity index (χ1) is 14.3. The number of allylic oxidation sites excluding steroid dienone is 4. The minimum atomic E-state index is -0.562. The Kier molecular flexibility index (Phi) is 3.99. The van der Waals surface area contributed by atoms with E-state index in [1.807, 2.05) is 26.8 Å². The fourth-order valence-corrected chi connectivity index (χ4v) is 4.22. The van der Waals surface area contributed by atoms with E-state index in [1.54, 1.807) is 29.6 Å². The van der Waals surface area contributed by atoms with Crippen LogP contribution in [0.5, 0.6) is 5.88 Å². The quantitative estimate of drug-likeness (QED) is 0.828. The number of nitrogens with one attached hydrogen (secondary N) is 1. The maximum absolute atomic E-state index is 13.4. The second-order valence-corrected chi connectivity index (χ2v) is 8.28. The first-order valence-corrected chi connectivity index (χ1v) is 9.82. The zero-order valence-electron chi connectivity index (χ0n) is 17.0. The summed E-state index contributed by atoms with van der Waals surface area (Å²) in [5.41, 5.74) is 3.32. The summed E-state index contributed by atoms with van der Waals surface area (Å²) in [6, 6.07) is 1.74. The lowest BCUT2D eigenvalue weighted by molar-refractivity contribution is -0.125. The third-order valence-electron chi connectivity index (χ3n) is 5.94. The van der Waals surface area contributed by atoms with Crippen LogP contribution in [0.3, 0.4) is 0 Å². The Morgan fingerprint density at radius 3 is 2.70 bits per heavy atom. The Labute approximate surface area is 173 Å². The van der Waals surface area contributed by atoms with Gasteiger partial charge in [0.1, 0.15) is 11.5 Å². The number of hydrogen-bond donors (Lipinski definition) is 1. The molecule has 2 amide bonds. The number of fused-ring (bicyclic) bond motifs is 2. The third-order valence-corrected chi connectivity index (χ3v) is 5.94. The lowest BCUT2D eigenvalue weighted by Gasteiger charge is -2.26. The first-order valence-electron chi connectivity index (χ1n) is 9.82. The van der Waals surface area contributed by atoms with Gasteiger partial charge in [-0.15, -0.1) is 0 Å².